The Balaban J connectivity index is 1.65. The second-order valence-electron chi connectivity index (χ2n) is 4.58. The van der Waals surface area contributed by atoms with Gasteiger partial charge in [-0.25, -0.2) is 14.3 Å². The molecule has 9 nitrogen and oxygen atoms in total. The van der Waals surface area contributed by atoms with Crippen LogP contribution in [0.2, 0.25) is 0 Å². The highest BCUT2D eigenvalue weighted by atomic mass is 16.2. The Kier molecular flexibility index (Phi) is 4.18. The molecule has 0 saturated heterocycles. The molecule has 3 rings (SSSR count). The summed E-state index contributed by atoms with van der Waals surface area (Å²) in [5.74, 6) is 0.246. The molecule has 116 valence electrons. The van der Waals surface area contributed by atoms with Gasteiger partial charge in [-0.15, -0.1) is 5.10 Å². The predicted molar refractivity (Wildman–Crippen MR) is 80.0 cm³/mol. The van der Waals surface area contributed by atoms with Crippen LogP contribution in [0.4, 0.5) is 0 Å². The van der Waals surface area contributed by atoms with E-state index in [1.54, 1.807) is 30.6 Å². The van der Waals surface area contributed by atoms with E-state index in [9.17, 15) is 9.59 Å². The second-order valence-corrected chi connectivity index (χ2v) is 4.58. The van der Waals surface area contributed by atoms with Crippen molar-refractivity contribution in [2.24, 2.45) is 0 Å². The van der Waals surface area contributed by atoms with Crippen LogP contribution in [-0.2, 0) is 6.54 Å². The van der Waals surface area contributed by atoms with Gasteiger partial charge in [0.25, 0.3) is 11.5 Å². The monoisotopic (exact) mass is 311 g/mol. The molecule has 9 heteroatoms. The number of amides is 1. The molecule has 0 unspecified atom stereocenters. The van der Waals surface area contributed by atoms with Crippen molar-refractivity contribution in [3.63, 3.8) is 0 Å². The number of rotatable bonds is 5. The van der Waals surface area contributed by atoms with Gasteiger partial charge < -0.3 is 5.32 Å². The summed E-state index contributed by atoms with van der Waals surface area (Å²) in [5.41, 5.74) is 0.253. The minimum absolute atomic E-state index is 0.229. The Morgan fingerprint density at radius 3 is 2.70 bits per heavy atom. The molecule has 0 aliphatic rings. The first-order valence-electron chi connectivity index (χ1n) is 6.85. The molecule has 0 radical (unpaired) electrons. The molecule has 23 heavy (non-hydrogen) atoms. The van der Waals surface area contributed by atoms with Crippen LogP contribution in [0.3, 0.4) is 0 Å². The molecule has 3 aromatic rings. The Hall–Kier alpha value is -3.36. The molecule has 3 aromatic heterocycles. The van der Waals surface area contributed by atoms with E-state index in [-0.39, 0.29) is 24.6 Å². The fraction of sp³-hybridized carbons (Fsp3) is 0.143. The first-order chi connectivity index (χ1) is 11.2. The Morgan fingerprint density at radius 1 is 1.13 bits per heavy atom. The highest BCUT2D eigenvalue weighted by molar-refractivity contribution is 5.93. The number of hydrogen-bond acceptors (Lipinski definition) is 6. The molecule has 1 amide bonds. The smallest absolute Gasteiger partial charge is 0.266 e. The second kappa shape index (κ2) is 6.60. The zero-order chi connectivity index (χ0) is 16.1. The minimum Gasteiger partial charge on any atom is -0.350 e. The van der Waals surface area contributed by atoms with Crippen LogP contribution in [0.25, 0.3) is 5.82 Å². The summed E-state index contributed by atoms with van der Waals surface area (Å²) in [6.07, 6.45) is 5.96. The summed E-state index contributed by atoms with van der Waals surface area (Å²) in [6, 6.07) is 6.19. The number of nitrogens with zero attached hydrogens (tertiary/aromatic N) is 6. The molecule has 1 N–H and O–H groups in total. The normalized spacial score (nSPS) is 10.4. The first kappa shape index (κ1) is 14.6. The molecule has 0 aliphatic carbocycles. The third-order valence-corrected chi connectivity index (χ3v) is 3.06. The van der Waals surface area contributed by atoms with Gasteiger partial charge in [-0.1, -0.05) is 0 Å². The quantitative estimate of drug-likeness (QED) is 0.690. The number of carbonyl (C=O) groups is 1. The predicted octanol–water partition coefficient (Wildman–Crippen LogP) is -0.351. The van der Waals surface area contributed by atoms with Gasteiger partial charge in [0.1, 0.15) is 12.7 Å². The van der Waals surface area contributed by atoms with Crippen LogP contribution in [0, 0.1) is 0 Å². The summed E-state index contributed by atoms with van der Waals surface area (Å²) >= 11 is 0. The van der Waals surface area contributed by atoms with Crippen molar-refractivity contribution in [2.45, 2.75) is 6.54 Å². The molecule has 0 aliphatic heterocycles. The highest BCUT2D eigenvalue weighted by Gasteiger charge is 2.06. The summed E-state index contributed by atoms with van der Waals surface area (Å²) in [5, 5.41) is 10.9. The van der Waals surface area contributed by atoms with Crippen molar-refractivity contribution in [2.75, 3.05) is 6.54 Å². The fourth-order valence-electron chi connectivity index (χ4n) is 1.93. The van der Waals surface area contributed by atoms with E-state index >= 15 is 0 Å². The van der Waals surface area contributed by atoms with Crippen LogP contribution in [0.1, 0.15) is 10.4 Å². The van der Waals surface area contributed by atoms with Crippen LogP contribution in [0.5, 0.6) is 0 Å². The van der Waals surface area contributed by atoms with Crippen molar-refractivity contribution in [3.8, 4) is 5.82 Å². The van der Waals surface area contributed by atoms with Gasteiger partial charge in [0.15, 0.2) is 5.82 Å². The number of carbonyl (C=O) groups excluding carboxylic acids is 1. The summed E-state index contributed by atoms with van der Waals surface area (Å²) < 4.78 is 2.72. The van der Waals surface area contributed by atoms with E-state index < -0.39 is 0 Å². The lowest BCUT2D eigenvalue weighted by Gasteiger charge is -2.08. The number of nitrogens with one attached hydrogen (secondary N) is 1. The third kappa shape index (κ3) is 3.46. The molecular formula is C14H13N7O2. The Morgan fingerprint density at radius 2 is 1.96 bits per heavy atom. The lowest BCUT2D eigenvalue weighted by atomic mass is 10.2. The number of hydrogen-bond donors (Lipinski definition) is 1. The van der Waals surface area contributed by atoms with Gasteiger partial charge in [0.05, 0.1) is 6.54 Å². The molecular weight excluding hydrogens is 298 g/mol. The molecule has 0 aromatic carbocycles. The first-order valence-corrected chi connectivity index (χ1v) is 6.85. The van der Waals surface area contributed by atoms with E-state index in [4.69, 9.17) is 0 Å². The average Bonchev–Trinajstić information content (AvgIpc) is 3.12. The maximum Gasteiger partial charge on any atom is 0.266 e. The topological polar surface area (TPSA) is 108 Å². The third-order valence-electron chi connectivity index (χ3n) is 3.06. The summed E-state index contributed by atoms with van der Waals surface area (Å²) in [7, 11) is 0. The zero-order valence-corrected chi connectivity index (χ0v) is 12.0. The van der Waals surface area contributed by atoms with E-state index in [1.807, 2.05) is 0 Å². The summed E-state index contributed by atoms with van der Waals surface area (Å²) in [6.45, 7) is 0.521. The van der Waals surface area contributed by atoms with Gasteiger partial charge in [0.2, 0.25) is 0 Å². The van der Waals surface area contributed by atoms with E-state index in [1.165, 1.54) is 28.1 Å². The van der Waals surface area contributed by atoms with Gasteiger partial charge >= 0.3 is 0 Å². The standard InChI is InChI=1S/C14H13N7O2/c22-13-2-1-12(21-10-16-9-18-21)19-20(13)8-7-17-14(23)11-3-5-15-6-4-11/h1-6,9-10H,7-8H2,(H,17,23). The van der Waals surface area contributed by atoms with Gasteiger partial charge in [-0.3, -0.25) is 14.6 Å². The SMILES string of the molecule is O=C(NCCn1nc(-n2cncn2)ccc1=O)c1ccncc1. The molecule has 0 spiro atoms. The van der Waals surface area contributed by atoms with Crippen LogP contribution in [-0.4, -0.2) is 42.0 Å². The molecule has 0 bridgehead atoms. The maximum absolute atomic E-state index is 11.9. The molecule has 3 heterocycles. The largest absolute Gasteiger partial charge is 0.350 e. The van der Waals surface area contributed by atoms with Crippen molar-refractivity contribution in [3.05, 3.63) is 65.2 Å². The van der Waals surface area contributed by atoms with E-state index in [0.717, 1.165) is 0 Å². The highest BCUT2D eigenvalue weighted by Crippen LogP contribution is 1.97. The number of aromatic nitrogens is 6. The van der Waals surface area contributed by atoms with Crippen LogP contribution < -0.4 is 10.9 Å². The van der Waals surface area contributed by atoms with Gasteiger partial charge in [0, 0.05) is 30.6 Å². The maximum atomic E-state index is 11.9. The minimum atomic E-state index is -0.257. The van der Waals surface area contributed by atoms with Crippen molar-refractivity contribution < 1.29 is 4.79 Å². The molecule has 0 atom stereocenters. The van der Waals surface area contributed by atoms with Crippen molar-refractivity contribution in [1.29, 1.82) is 0 Å². The van der Waals surface area contributed by atoms with Crippen LogP contribution in [0.15, 0.2) is 54.1 Å². The van der Waals surface area contributed by atoms with Crippen molar-refractivity contribution in [1.82, 2.24) is 34.8 Å². The molecule has 0 fully saturated rings. The van der Waals surface area contributed by atoms with Crippen LogP contribution >= 0.6 is 0 Å². The van der Waals surface area contributed by atoms with Gasteiger partial charge in [-0.05, 0) is 18.2 Å². The Labute approximate surface area is 130 Å². The Bertz CT molecular complexity index is 843. The summed E-state index contributed by atoms with van der Waals surface area (Å²) in [4.78, 5) is 31.4. The average molecular weight is 311 g/mol. The van der Waals surface area contributed by atoms with E-state index in [0.29, 0.717) is 11.4 Å². The van der Waals surface area contributed by atoms with Crippen molar-refractivity contribution >= 4 is 5.91 Å². The lowest BCUT2D eigenvalue weighted by Crippen LogP contribution is -2.32. The van der Waals surface area contributed by atoms with E-state index in [2.05, 4.69) is 25.5 Å². The fourth-order valence-corrected chi connectivity index (χ4v) is 1.93. The lowest BCUT2D eigenvalue weighted by molar-refractivity contribution is 0.0951. The zero-order valence-electron chi connectivity index (χ0n) is 12.0. The number of pyridine rings is 1. The van der Waals surface area contributed by atoms with Gasteiger partial charge in [-0.2, -0.15) is 5.10 Å². The molecule has 0 saturated carbocycles.